The van der Waals surface area contributed by atoms with Gasteiger partial charge in [-0.25, -0.2) is 9.59 Å². The second-order valence-corrected chi connectivity index (χ2v) is 10.0. The molecule has 3 N–H and O–H groups in total. The van der Waals surface area contributed by atoms with Gasteiger partial charge in [-0.15, -0.1) is 0 Å². The number of nitrogens with zero attached hydrogens (tertiary/aromatic N) is 2. The van der Waals surface area contributed by atoms with E-state index in [0.717, 1.165) is 5.56 Å². The van der Waals surface area contributed by atoms with Gasteiger partial charge in [-0.1, -0.05) is 30.3 Å². The molecule has 2 saturated heterocycles. The van der Waals surface area contributed by atoms with Crippen LogP contribution in [-0.4, -0.2) is 90.3 Å². The standard InChI is InChI=1S/C26H30N4O6.C2HF3O2/c1-26(24(33)36-4)21-20(22(31)30(23(21)32)14-16-8-6-5-7-9-16)19(28-26)15-29(2)25(34)27-17-10-12-18(35-3)13-11-17;3-2(4,5)1(6)7/h5-13,19-21,28H,14-15H2,1-4H3,(H,27,34);(H,6,7)/t19-,20+,21-,26-;/m1./s1. The Morgan fingerprint density at radius 3 is 2.14 bits per heavy atom. The molecule has 43 heavy (non-hydrogen) atoms. The van der Waals surface area contributed by atoms with Crippen molar-refractivity contribution in [3.8, 4) is 5.75 Å². The van der Waals surface area contributed by atoms with Crippen molar-refractivity contribution in [1.82, 2.24) is 15.1 Å². The highest BCUT2D eigenvalue weighted by molar-refractivity contribution is 6.09. The number of fused-ring (bicyclic) bond motifs is 1. The van der Waals surface area contributed by atoms with Gasteiger partial charge in [0.05, 0.1) is 32.6 Å². The van der Waals surface area contributed by atoms with E-state index in [0.29, 0.717) is 11.4 Å². The van der Waals surface area contributed by atoms with Crippen LogP contribution in [-0.2, 0) is 30.5 Å². The number of alkyl halides is 3. The van der Waals surface area contributed by atoms with Crippen molar-refractivity contribution in [3.05, 3.63) is 60.2 Å². The number of aliphatic carboxylic acids is 1. The molecule has 0 unspecified atom stereocenters. The Kier molecular flexibility index (Phi) is 10.0. The molecule has 2 aliphatic rings. The summed E-state index contributed by atoms with van der Waals surface area (Å²) in [5, 5.41) is 13.1. The van der Waals surface area contributed by atoms with Crippen molar-refractivity contribution in [2.45, 2.75) is 31.2 Å². The van der Waals surface area contributed by atoms with Crippen LogP contribution < -0.4 is 15.4 Å². The Hall–Kier alpha value is -4.66. The number of benzene rings is 2. The smallest absolute Gasteiger partial charge is 0.490 e. The van der Waals surface area contributed by atoms with Crippen molar-refractivity contribution >= 4 is 35.5 Å². The van der Waals surface area contributed by atoms with E-state index in [4.69, 9.17) is 19.4 Å². The number of anilines is 1. The lowest BCUT2D eigenvalue weighted by Gasteiger charge is -2.30. The maximum absolute atomic E-state index is 13.5. The van der Waals surface area contributed by atoms with Gasteiger partial charge in [0, 0.05) is 25.3 Å². The number of halogens is 3. The molecule has 0 radical (unpaired) electrons. The van der Waals surface area contributed by atoms with E-state index in [1.807, 2.05) is 30.3 Å². The molecular formula is C28H31F3N4O8. The zero-order chi connectivity index (χ0) is 32.1. The number of esters is 1. The van der Waals surface area contributed by atoms with Crippen LogP contribution in [0, 0.1) is 11.8 Å². The van der Waals surface area contributed by atoms with Crippen LogP contribution in [0.4, 0.5) is 23.7 Å². The molecule has 2 aromatic carbocycles. The number of carbonyl (C=O) groups excluding carboxylic acids is 4. The second-order valence-electron chi connectivity index (χ2n) is 10.0. The maximum Gasteiger partial charge on any atom is 0.490 e. The number of rotatable bonds is 7. The fraction of sp³-hybridized carbons (Fsp3) is 0.393. The van der Waals surface area contributed by atoms with E-state index in [9.17, 15) is 32.3 Å². The van der Waals surface area contributed by atoms with Gasteiger partial charge in [-0.3, -0.25) is 24.6 Å². The monoisotopic (exact) mass is 608 g/mol. The summed E-state index contributed by atoms with van der Waals surface area (Å²) in [5.41, 5.74) is -0.0276. The van der Waals surface area contributed by atoms with E-state index in [1.54, 1.807) is 45.3 Å². The zero-order valence-corrected chi connectivity index (χ0v) is 23.7. The van der Waals surface area contributed by atoms with Crippen LogP contribution in [0.5, 0.6) is 5.75 Å². The number of carboxylic acid groups (broad SMARTS) is 1. The molecule has 4 atom stereocenters. The molecule has 0 aromatic heterocycles. The molecule has 2 heterocycles. The van der Waals surface area contributed by atoms with E-state index >= 15 is 0 Å². The molecule has 232 valence electrons. The quantitative estimate of drug-likeness (QED) is 0.318. The van der Waals surface area contributed by atoms with Crippen molar-refractivity contribution in [2.75, 3.05) is 33.1 Å². The third-order valence-corrected chi connectivity index (χ3v) is 7.18. The van der Waals surface area contributed by atoms with E-state index < -0.39 is 53.5 Å². The van der Waals surface area contributed by atoms with Crippen LogP contribution in [0.1, 0.15) is 12.5 Å². The molecule has 0 bridgehead atoms. The lowest BCUT2D eigenvalue weighted by molar-refractivity contribution is -0.192. The highest BCUT2D eigenvalue weighted by atomic mass is 19.4. The van der Waals surface area contributed by atoms with Crippen molar-refractivity contribution < 1.29 is 51.7 Å². The average molecular weight is 609 g/mol. The third kappa shape index (κ3) is 7.23. The highest BCUT2D eigenvalue weighted by Gasteiger charge is 2.66. The Morgan fingerprint density at radius 2 is 1.63 bits per heavy atom. The summed E-state index contributed by atoms with van der Waals surface area (Å²) in [6.45, 7) is 1.78. The number of carbonyl (C=O) groups is 5. The third-order valence-electron chi connectivity index (χ3n) is 7.18. The first-order chi connectivity index (χ1) is 20.1. The first-order valence-corrected chi connectivity index (χ1v) is 12.9. The van der Waals surface area contributed by atoms with Crippen molar-refractivity contribution in [2.24, 2.45) is 11.8 Å². The molecule has 0 saturated carbocycles. The van der Waals surface area contributed by atoms with E-state index in [1.165, 1.54) is 16.9 Å². The minimum atomic E-state index is -5.08. The molecular weight excluding hydrogens is 577 g/mol. The molecule has 2 fully saturated rings. The Bertz CT molecular complexity index is 1360. The average Bonchev–Trinajstić information content (AvgIpc) is 3.41. The van der Waals surface area contributed by atoms with Gasteiger partial charge in [0.2, 0.25) is 11.8 Å². The summed E-state index contributed by atoms with van der Waals surface area (Å²) in [7, 11) is 4.39. The SMILES string of the molecule is COC(=O)[C@]1(C)N[C@H](CN(C)C(=O)Nc2ccc(OC)cc2)[C@@H]2C(=O)N(Cc3ccccc3)C(=O)[C@@H]21.O=C(O)C(F)(F)F. The number of methoxy groups -OCH3 is 2. The number of hydrogen-bond donors (Lipinski definition) is 3. The van der Waals surface area contributed by atoms with Gasteiger partial charge in [-0.05, 0) is 36.8 Å². The summed E-state index contributed by atoms with van der Waals surface area (Å²) in [4.78, 5) is 64.1. The van der Waals surface area contributed by atoms with Crippen LogP contribution >= 0.6 is 0 Å². The first-order valence-electron chi connectivity index (χ1n) is 12.9. The van der Waals surface area contributed by atoms with Crippen LogP contribution in [0.2, 0.25) is 0 Å². The predicted octanol–water partition coefficient (Wildman–Crippen LogP) is 2.50. The molecule has 0 aliphatic carbocycles. The topological polar surface area (TPSA) is 155 Å². The Labute approximate surface area is 244 Å². The second kappa shape index (κ2) is 13.1. The number of urea groups is 1. The number of hydrogen-bond acceptors (Lipinski definition) is 8. The first kappa shape index (κ1) is 32.8. The number of likely N-dealkylation sites (N-methyl/N-ethyl adjacent to an activating group) is 1. The van der Waals surface area contributed by atoms with Crippen molar-refractivity contribution in [3.63, 3.8) is 0 Å². The van der Waals surface area contributed by atoms with Gasteiger partial charge < -0.3 is 24.8 Å². The predicted molar refractivity (Wildman–Crippen MR) is 145 cm³/mol. The Morgan fingerprint density at radius 1 is 1.05 bits per heavy atom. The molecule has 0 spiro atoms. The highest BCUT2D eigenvalue weighted by Crippen LogP contribution is 2.44. The number of amides is 4. The van der Waals surface area contributed by atoms with Gasteiger partial charge >= 0.3 is 24.1 Å². The van der Waals surface area contributed by atoms with Crippen LogP contribution in [0.3, 0.4) is 0 Å². The summed E-state index contributed by atoms with van der Waals surface area (Å²) in [5.74, 6) is -5.29. The summed E-state index contributed by atoms with van der Waals surface area (Å²) in [6, 6.07) is 15.0. The fourth-order valence-corrected chi connectivity index (χ4v) is 5.08. The zero-order valence-electron chi connectivity index (χ0n) is 23.7. The summed E-state index contributed by atoms with van der Waals surface area (Å²) >= 11 is 0. The number of ether oxygens (including phenoxy) is 2. The summed E-state index contributed by atoms with van der Waals surface area (Å²) in [6.07, 6.45) is -5.08. The maximum atomic E-state index is 13.5. The van der Waals surface area contributed by atoms with Gasteiger partial charge in [0.25, 0.3) is 0 Å². The Balaban J connectivity index is 0.000000646. The van der Waals surface area contributed by atoms with Gasteiger partial charge in [0.15, 0.2) is 0 Å². The lowest BCUT2D eigenvalue weighted by atomic mass is 9.81. The lowest BCUT2D eigenvalue weighted by Crippen LogP contribution is -2.56. The largest absolute Gasteiger partial charge is 0.497 e. The fourth-order valence-electron chi connectivity index (χ4n) is 5.08. The van der Waals surface area contributed by atoms with E-state index in [2.05, 4.69) is 10.6 Å². The molecule has 2 aromatic rings. The molecule has 2 aliphatic heterocycles. The van der Waals surface area contributed by atoms with E-state index in [-0.39, 0.29) is 19.0 Å². The van der Waals surface area contributed by atoms with Crippen LogP contribution in [0.15, 0.2) is 54.6 Å². The number of likely N-dealkylation sites (tertiary alicyclic amines) is 1. The number of nitrogens with one attached hydrogen (secondary N) is 2. The number of imide groups is 1. The molecule has 12 nitrogen and oxygen atoms in total. The van der Waals surface area contributed by atoms with Gasteiger partial charge in [-0.2, -0.15) is 13.2 Å². The molecule has 4 amide bonds. The van der Waals surface area contributed by atoms with Gasteiger partial charge in [0.1, 0.15) is 11.3 Å². The minimum Gasteiger partial charge on any atom is -0.497 e. The minimum absolute atomic E-state index is 0.0912. The molecule has 15 heteroatoms. The number of carboxylic acids is 1. The normalized spacial score (nSPS) is 22.7. The van der Waals surface area contributed by atoms with Crippen molar-refractivity contribution in [1.29, 1.82) is 0 Å². The van der Waals surface area contributed by atoms with Crippen LogP contribution in [0.25, 0.3) is 0 Å². The molecule has 4 rings (SSSR count). The summed E-state index contributed by atoms with van der Waals surface area (Å²) < 4.78 is 41.9.